The number of hydrogen-bond donors (Lipinski definition) is 1. The lowest BCUT2D eigenvalue weighted by molar-refractivity contribution is -0.126. The number of aliphatic imine (C=N–C) groups is 1. The van der Waals surface area contributed by atoms with Crippen LogP contribution in [-0.2, 0) is 17.8 Å². The lowest BCUT2D eigenvalue weighted by atomic mass is 9.99. The Bertz CT molecular complexity index is 1170. The summed E-state index contributed by atoms with van der Waals surface area (Å²) in [4.78, 5) is 19.0. The maximum absolute atomic E-state index is 14.5. The Balaban J connectivity index is 2.16. The zero-order chi connectivity index (χ0) is 25.6. The van der Waals surface area contributed by atoms with Crippen molar-refractivity contribution in [3.05, 3.63) is 94.5 Å². The minimum atomic E-state index is -0.333. The molecule has 4 nitrogen and oxygen atoms in total. The summed E-state index contributed by atoms with van der Waals surface area (Å²) < 4.78 is 14.5. The van der Waals surface area contributed by atoms with Gasteiger partial charge in [0, 0.05) is 49.6 Å². The lowest BCUT2D eigenvalue weighted by Crippen LogP contribution is -2.27. The molecule has 34 heavy (non-hydrogen) atoms. The van der Waals surface area contributed by atoms with E-state index in [1.807, 2.05) is 53.8 Å². The van der Waals surface area contributed by atoms with E-state index in [0.717, 1.165) is 44.9 Å². The summed E-state index contributed by atoms with van der Waals surface area (Å²) in [6.45, 7) is 17.8. The molecular weight excluding hydrogens is 425 g/mol. The Labute approximate surface area is 203 Å². The number of hydrogen-bond acceptors (Lipinski definition) is 3. The summed E-state index contributed by atoms with van der Waals surface area (Å²) in [5.41, 5.74) is 8.39. The summed E-state index contributed by atoms with van der Waals surface area (Å²) in [5, 5.41) is 3.16. The first kappa shape index (κ1) is 26.8. The van der Waals surface area contributed by atoms with E-state index in [1.165, 1.54) is 11.0 Å². The van der Waals surface area contributed by atoms with Gasteiger partial charge in [-0.15, -0.1) is 0 Å². The van der Waals surface area contributed by atoms with Crippen LogP contribution < -0.4 is 5.32 Å². The quantitative estimate of drug-likeness (QED) is 0.265. The minimum absolute atomic E-state index is 0.144. The number of amides is 1. The highest BCUT2D eigenvalue weighted by molar-refractivity contribution is 5.95. The van der Waals surface area contributed by atoms with Crippen LogP contribution in [0.2, 0.25) is 0 Å². The van der Waals surface area contributed by atoms with Crippen LogP contribution in [0, 0.1) is 19.7 Å². The molecule has 0 saturated heterocycles. The molecule has 180 valence electrons. The highest BCUT2D eigenvalue weighted by atomic mass is 19.1. The van der Waals surface area contributed by atoms with Gasteiger partial charge in [-0.3, -0.25) is 9.79 Å². The molecule has 0 aromatic heterocycles. The smallest absolute Gasteiger partial charge is 0.253 e. The molecule has 0 heterocycles. The Hall–Kier alpha value is -3.47. The van der Waals surface area contributed by atoms with Gasteiger partial charge in [0.2, 0.25) is 0 Å². The summed E-state index contributed by atoms with van der Waals surface area (Å²) in [6, 6.07) is 9.41. The van der Waals surface area contributed by atoms with Crippen LogP contribution in [0.3, 0.4) is 0 Å². The first-order valence-electron chi connectivity index (χ1n) is 11.3. The number of halogens is 1. The Morgan fingerprint density at radius 2 is 1.79 bits per heavy atom. The highest BCUT2D eigenvalue weighted by Gasteiger charge is 2.16. The number of benzene rings is 2. The third kappa shape index (κ3) is 7.01. The van der Waals surface area contributed by atoms with Gasteiger partial charge in [0.1, 0.15) is 5.82 Å². The van der Waals surface area contributed by atoms with E-state index in [4.69, 9.17) is 0 Å². The van der Waals surface area contributed by atoms with Crippen molar-refractivity contribution in [3.63, 3.8) is 0 Å². The van der Waals surface area contributed by atoms with Crippen LogP contribution in [-0.4, -0.2) is 30.6 Å². The van der Waals surface area contributed by atoms with Crippen molar-refractivity contribution in [2.75, 3.05) is 14.1 Å². The van der Waals surface area contributed by atoms with E-state index in [9.17, 15) is 9.18 Å². The predicted octanol–water partition coefficient (Wildman–Crippen LogP) is 6.45. The molecule has 0 saturated carbocycles. The van der Waals surface area contributed by atoms with Crippen molar-refractivity contribution in [1.82, 2.24) is 10.2 Å². The molecular formula is C29H36FN3O. The first-order valence-corrected chi connectivity index (χ1v) is 11.3. The Morgan fingerprint density at radius 3 is 2.35 bits per heavy atom. The van der Waals surface area contributed by atoms with Gasteiger partial charge in [-0.05, 0) is 81.1 Å². The van der Waals surface area contributed by atoms with Crippen molar-refractivity contribution in [3.8, 4) is 0 Å². The number of rotatable bonds is 9. The minimum Gasteiger partial charge on any atom is -0.391 e. The monoisotopic (exact) mass is 461 g/mol. The highest BCUT2D eigenvalue weighted by Crippen LogP contribution is 2.23. The summed E-state index contributed by atoms with van der Waals surface area (Å²) in [7, 11) is 3.47. The van der Waals surface area contributed by atoms with Crippen LogP contribution in [0.1, 0.15) is 48.6 Å². The molecule has 0 bridgehead atoms. The fourth-order valence-corrected chi connectivity index (χ4v) is 3.77. The van der Waals surface area contributed by atoms with Crippen molar-refractivity contribution < 1.29 is 9.18 Å². The van der Waals surface area contributed by atoms with Gasteiger partial charge >= 0.3 is 0 Å². The number of aryl methyl sites for hydroxylation is 2. The van der Waals surface area contributed by atoms with E-state index < -0.39 is 0 Å². The Morgan fingerprint density at radius 1 is 1.12 bits per heavy atom. The molecule has 1 amide bonds. The number of allylic oxidation sites excluding steroid dienone is 2. The average molecular weight is 462 g/mol. The van der Waals surface area contributed by atoms with Crippen molar-refractivity contribution in [2.45, 2.75) is 47.6 Å². The maximum Gasteiger partial charge on any atom is 0.253 e. The largest absolute Gasteiger partial charge is 0.391 e. The van der Waals surface area contributed by atoms with Crippen LogP contribution in [0.15, 0.2) is 65.8 Å². The molecule has 2 aromatic rings. The molecule has 0 atom stereocenters. The van der Waals surface area contributed by atoms with Crippen LogP contribution in [0.25, 0.3) is 5.57 Å². The molecule has 1 N–H and O–H groups in total. The van der Waals surface area contributed by atoms with Gasteiger partial charge < -0.3 is 10.2 Å². The molecule has 0 unspecified atom stereocenters. The zero-order valence-corrected chi connectivity index (χ0v) is 21.5. The van der Waals surface area contributed by atoms with Gasteiger partial charge in [-0.2, -0.15) is 0 Å². The number of nitrogens with zero attached hydrogens (tertiary/aromatic N) is 2. The van der Waals surface area contributed by atoms with Crippen LogP contribution in [0.4, 0.5) is 10.1 Å². The average Bonchev–Trinajstić information content (AvgIpc) is 2.75. The molecule has 0 spiro atoms. The second-order valence-corrected chi connectivity index (χ2v) is 9.00. The fourth-order valence-electron chi connectivity index (χ4n) is 3.77. The second kappa shape index (κ2) is 11.6. The molecule has 5 heteroatoms. The normalized spacial score (nSPS) is 11.1. The molecule has 0 aliphatic heterocycles. The Kier molecular flexibility index (Phi) is 9.13. The number of likely N-dealkylation sites (N-methyl/N-ethyl adjacent to an activating group) is 2. The lowest BCUT2D eigenvalue weighted by Gasteiger charge is -2.20. The fraction of sp³-hybridized carbons (Fsp3) is 0.310. The molecule has 0 aliphatic rings. The van der Waals surface area contributed by atoms with Gasteiger partial charge in [0.05, 0.1) is 5.69 Å². The number of nitrogens with one attached hydrogen (secondary N) is 1. The topological polar surface area (TPSA) is 44.7 Å². The first-order chi connectivity index (χ1) is 15.9. The molecule has 0 fully saturated rings. The molecule has 2 aromatic carbocycles. The molecule has 2 rings (SSSR count). The van der Waals surface area contributed by atoms with Crippen molar-refractivity contribution in [2.24, 2.45) is 4.99 Å². The number of carbonyl (C=O) groups is 1. The predicted molar refractivity (Wildman–Crippen MR) is 142 cm³/mol. The van der Waals surface area contributed by atoms with Gasteiger partial charge in [0.25, 0.3) is 5.91 Å². The third-order valence-corrected chi connectivity index (χ3v) is 5.55. The van der Waals surface area contributed by atoms with Crippen molar-refractivity contribution in [1.29, 1.82) is 0 Å². The summed E-state index contributed by atoms with van der Waals surface area (Å²) in [5.74, 6) is -0.593. The van der Waals surface area contributed by atoms with Crippen LogP contribution in [0.5, 0.6) is 0 Å². The summed E-state index contributed by atoms with van der Waals surface area (Å²) in [6.07, 6.45) is 2.37. The van der Waals surface area contributed by atoms with Gasteiger partial charge in [-0.25, -0.2) is 4.39 Å². The summed E-state index contributed by atoms with van der Waals surface area (Å²) >= 11 is 0. The SMILES string of the molecule is C=C(/C=C(/Cc1ccc(N=C(C)C)c(C)c1)NC)C(=O)N(C)Cc1cc(C(=C)C)c(C)cc1F. The standard InChI is InChI=1S/C29H36FN3O/c1-18(2)26-16-24(27(30)14-20(26)5)17-33(9)29(34)22(7)13-25(31-8)15-23-10-11-28(21(6)12-23)32-19(3)4/h10-14,16,31H,1,7,15,17H2,2-6,8-9H3/b25-13-. The maximum atomic E-state index is 14.5. The van der Waals surface area contributed by atoms with E-state index >= 15 is 0 Å². The van der Waals surface area contributed by atoms with E-state index in [0.29, 0.717) is 17.6 Å². The second-order valence-electron chi connectivity index (χ2n) is 9.00. The van der Waals surface area contributed by atoms with E-state index in [-0.39, 0.29) is 18.3 Å². The molecule has 0 radical (unpaired) electrons. The van der Waals surface area contributed by atoms with Crippen molar-refractivity contribution >= 4 is 22.9 Å². The zero-order valence-electron chi connectivity index (χ0n) is 21.5. The van der Waals surface area contributed by atoms with E-state index in [2.05, 4.69) is 29.5 Å². The molecule has 0 aliphatic carbocycles. The van der Waals surface area contributed by atoms with Crippen LogP contribution >= 0.6 is 0 Å². The third-order valence-electron chi connectivity index (χ3n) is 5.55. The van der Waals surface area contributed by atoms with Gasteiger partial charge in [-0.1, -0.05) is 30.9 Å². The van der Waals surface area contributed by atoms with Gasteiger partial charge in [0.15, 0.2) is 0 Å². The number of carbonyl (C=O) groups excluding carboxylic acids is 1. The van der Waals surface area contributed by atoms with E-state index in [1.54, 1.807) is 19.2 Å².